The zero-order valence-electron chi connectivity index (χ0n) is 11.6. The summed E-state index contributed by atoms with van der Waals surface area (Å²) in [5.74, 6) is -0.317. The predicted molar refractivity (Wildman–Crippen MR) is 70.8 cm³/mol. The Morgan fingerprint density at radius 3 is 2.63 bits per heavy atom. The van der Waals surface area contributed by atoms with Crippen molar-refractivity contribution in [2.75, 3.05) is 34.4 Å². The highest BCUT2D eigenvalue weighted by Crippen LogP contribution is 2.17. The summed E-state index contributed by atoms with van der Waals surface area (Å²) in [5.41, 5.74) is 0.906. The molecule has 0 heterocycles. The van der Waals surface area contributed by atoms with Gasteiger partial charge in [0.1, 0.15) is 0 Å². The molecule has 106 valence electrons. The molecule has 1 aromatic carbocycles. The van der Waals surface area contributed by atoms with Crippen LogP contribution in [0.2, 0.25) is 0 Å². The molecule has 0 N–H and O–H groups in total. The first-order valence-corrected chi connectivity index (χ1v) is 6.14. The highest BCUT2D eigenvalue weighted by Gasteiger charge is 2.06. The molecule has 1 rings (SSSR count). The van der Waals surface area contributed by atoms with E-state index in [0.717, 1.165) is 18.5 Å². The van der Waals surface area contributed by atoms with Crippen molar-refractivity contribution in [2.45, 2.75) is 12.8 Å². The number of hydrogen-bond acceptors (Lipinski definition) is 4. The lowest BCUT2D eigenvalue weighted by Gasteiger charge is -2.15. The van der Waals surface area contributed by atoms with Crippen molar-refractivity contribution in [3.8, 4) is 5.75 Å². The van der Waals surface area contributed by atoms with Crippen LogP contribution >= 0.6 is 0 Å². The number of likely N-dealkylation sites (N-methyl/N-ethyl adjacent to an activating group) is 1. The van der Waals surface area contributed by atoms with Crippen molar-refractivity contribution >= 4 is 5.97 Å². The van der Waals surface area contributed by atoms with Gasteiger partial charge in [-0.25, -0.2) is 4.39 Å². The van der Waals surface area contributed by atoms with Gasteiger partial charge in [-0.1, -0.05) is 6.07 Å². The van der Waals surface area contributed by atoms with Crippen LogP contribution in [0, 0.1) is 5.82 Å². The molecule has 0 fully saturated rings. The number of carbonyl (C=O) groups excluding carboxylic acids is 1. The van der Waals surface area contributed by atoms with Crippen molar-refractivity contribution < 1.29 is 18.7 Å². The van der Waals surface area contributed by atoms with Crippen LogP contribution in [0.4, 0.5) is 4.39 Å². The lowest BCUT2D eigenvalue weighted by Crippen LogP contribution is -2.24. The van der Waals surface area contributed by atoms with Crippen molar-refractivity contribution in [3.05, 3.63) is 29.6 Å². The molecule has 0 spiro atoms. The topological polar surface area (TPSA) is 38.8 Å². The van der Waals surface area contributed by atoms with Crippen LogP contribution in [-0.2, 0) is 16.0 Å². The van der Waals surface area contributed by atoms with Gasteiger partial charge in [0.15, 0.2) is 11.6 Å². The average molecular weight is 269 g/mol. The van der Waals surface area contributed by atoms with E-state index in [-0.39, 0.29) is 17.5 Å². The fourth-order valence-electron chi connectivity index (χ4n) is 1.68. The number of hydrogen-bond donors (Lipinski definition) is 0. The quantitative estimate of drug-likeness (QED) is 0.708. The van der Waals surface area contributed by atoms with E-state index in [9.17, 15) is 9.18 Å². The number of nitrogens with zero attached hydrogens (tertiary/aromatic N) is 1. The normalized spacial score (nSPS) is 10.6. The second-order valence-corrected chi connectivity index (χ2v) is 4.35. The monoisotopic (exact) mass is 269 g/mol. The molecule has 0 radical (unpaired) electrons. The highest BCUT2D eigenvalue weighted by molar-refractivity contribution is 5.69. The highest BCUT2D eigenvalue weighted by atomic mass is 19.1. The second kappa shape index (κ2) is 7.74. The molecule has 0 aliphatic rings. The Labute approximate surface area is 113 Å². The molecule has 0 aliphatic heterocycles. The van der Waals surface area contributed by atoms with E-state index in [1.165, 1.54) is 20.3 Å². The van der Waals surface area contributed by atoms with Gasteiger partial charge >= 0.3 is 5.97 Å². The first-order chi connectivity index (χ1) is 9.06. The number of methoxy groups -OCH3 is 2. The van der Waals surface area contributed by atoms with Crippen LogP contribution in [0.25, 0.3) is 0 Å². The third kappa shape index (κ3) is 5.26. The minimum Gasteiger partial charge on any atom is -0.494 e. The largest absolute Gasteiger partial charge is 0.494 e. The van der Waals surface area contributed by atoms with Crippen LogP contribution in [0.1, 0.15) is 12.0 Å². The summed E-state index contributed by atoms with van der Waals surface area (Å²) in [4.78, 5) is 13.0. The zero-order valence-corrected chi connectivity index (χ0v) is 11.6. The lowest BCUT2D eigenvalue weighted by atomic mass is 10.1. The summed E-state index contributed by atoms with van der Waals surface area (Å²) in [6.45, 7) is 1.38. The number of benzene rings is 1. The fraction of sp³-hybridized carbons (Fsp3) is 0.500. The number of ether oxygens (including phenoxy) is 2. The third-order valence-corrected chi connectivity index (χ3v) is 2.92. The summed E-state index contributed by atoms with van der Waals surface area (Å²) in [5, 5.41) is 0. The van der Waals surface area contributed by atoms with Crippen molar-refractivity contribution in [2.24, 2.45) is 0 Å². The average Bonchev–Trinajstić information content (AvgIpc) is 2.42. The molecule has 4 nitrogen and oxygen atoms in total. The molecule has 0 saturated carbocycles. The van der Waals surface area contributed by atoms with E-state index in [1.807, 2.05) is 18.0 Å². The van der Waals surface area contributed by atoms with E-state index in [2.05, 4.69) is 4.74 Å². The molecule has 19 heavy (non-hydrogen) atoms. The molecule has 0 aromatic heterocycles. The summed E-state index contributed by atoms with van der Waals surface area (Å²) in [7, 11) is 4.74. The van der Waals surface area contributed by atoms with Gasteiger partial charge in [-0.15, -0.1) is 0 Å². The number of carbonyl (C=O) groups is 1. The van der Waals surface area contributed by atoms with Gasteiger partial charge in [-0.05, 0) is 31.2 Å². The van der Waals surface area contributed by atoms with E-state index in [0.29, 0.717) is 13.0 Å². The smallest absolute Gasteiger partial charge is 0.306 e. The molecule has 1 aromatic rings. The first kappa shape index (κ1) is 15.4. The molecule has 5 heteroatoms. The predicted octanol–water partition coefficient (Wildman–Crippen LogP) is 1.87. The molecule has 0 unspecified atom stereocenters. The minimum absolute atomic E-state index is 0.220. The second-order valence-electron chi connectivity index (χ2n) is 4.35. The summed E-state index contributed by atoms with van der Waals surface area (Å²) < 4.78 is 22.9. The van der Waals surface area contributed by atoms with Gasteiger partial charge < -0.3 is 14.4 Å². The lowest BCUT2D eigenvalue weighted by molar-refractivity contribution is -0.140. The fourth-order valence-corrected chi connectivity index (χ4v) is 1.68. The van der Waals surface area contributed by atoms with Gasteiger partial charge in [-0.3, -0.25) is 4.79 Å². The standard InChI is InChI=1S/C14H20FNO3/c1-16(9-7-14(17)19-3)8-6-11-4-5-13(18-2)12(15)10-11/h4-5,10H,6-9H2,1-3H3. The van der Waals surface area contributed by atoms with Crippen LogP contribution in [0.5, 0.6) is 5.75 Å². The molecule has 0 bridgehead atoms. The SMILES string of the molecule is COC(=O)CCN(C)CCc1ccc(OC)c(F)c1. The Morgan fingerprint density at radius 2 is 2.05 bits per heavy atom. The molecular weight excluding hydrogens is 249 g/mol. The van der Waals surface area contributed by atoms with Crippen molar-refractivity contribution in [1.29, 1.82) is 0 Å². The van der Waals surface area contributed by atoms with Gasteiger partial charge in [0.2, 0.25) is 0 Å². The van der Waals surface area contributed by atoms with Crippen LogP contribution in [0.15, 0.2) is 18.2 Å². The molecule has 0 aliphatic carbocycles. The number of halogens is 1. The van der Waals surface area contributed by atoms with Gasteiger partial charge in [-0.2, -0.15) is 0 Å². The number of rotatable bonds is 7. The van der Waals surface area contributed by atoms with Crippen molar-refractivity contribution in [1.82, 2.24) is 4.90 Å². The summed E-state index contributed by atoms with van der Waals surface area (Å²) >= 11 is 0. The first-order valence-electron chi connectivity index (χ1n) is 6.14. The molecule has 0 saturated heterocycles. The zero-order chi connectivity index (χ0) is 14.3. The van der Waals surface area contributed by atoms with E-state index in [4.69, 9.17) is 4.74 Å². The Bertz CT molecular complexity index is 423. The van der Waals surface area contributed by atoms with Crippen LogP contribution in [0.3, 0.4) is 0 Å². The maximum Gasteiger partial charge on any atom is 0.306 e. The summed E-state index contributed by atoms with van der Waals surface area (Å²) in [6.07, 6.45) is 1.09. The van der Waals surface area contributed by atoms with Crippen LogP contribution in [-0.4, -0.2) is 45.2 Å². The Hall–Kier alpha value is -1.62. The van der Waals surface area contributed by atoms with Crippen LogP contribution < -0.4 is 4.74 Å². The Balaban J connectivity index is 2.39. The minimum atomic E-state index is -0.350. The Morgan fingerprint density at radius 1 is 1.32 bits per heavy atom. The maximum atomic E-state index is 13.5. The molecule has 0 atom stereocenters. The van der Waals surface area contributed by atoms with Gasteiger partial charge in [0.25, 0.3) is 0 Å². The van der Waals surface area contributed by atoms with Gasteiger partial charge in [0.05, 0.1) is 20.6 Å². The molecular formula is C14H20FNO3. The van der Waals surface area contributed by atoms with Crippen molar-refractivity contribution in [3.63, 3.8) is 0 Å². The molecule has 0 amide bonds. The number of esters is 1. The maximum absolute atomic E-state index is 13.5. The van der Waals surface area contributed by atoms with E-state index >= 15 is 0 Å². The van der Waals surface area contributed by atoms with E-state index < -0.39 is 0 Å². The third-order valence-electron chi connectivity index (χ3n) is 2.92. The van der Waals surface area contributed by atoms with Gasteiger partial charge in [0, 0.05) is 13.1 Å². The Kier molecular flexibility index (Phi) is 6.29. The van der Waals surface area contributed by atoms with E-state index in [1.54, 1.807) is 6.07 Å². The summed E-state index contributed by atoms with van der Waals surface area (Å²) in [6, 6.07) is 4.95.